The van der Waals surface area contributed by atoms with E-state index >= 15 is 0 Å². The Hall–Kier alpha value is -9.88. The van der Waals surface area contributed by atoms with Crippen LogP contribution in [0.1, 0.15) is 5.56 Å². The first-order valence-electron chi connectivity index (χ1n) is 27.8. The monoisotopic (exact) mass is 1050 g/mol. The van der Waals surface area contributed by atoms with Crippen LogP contribution in [0, 0.1) is 6.92 Å². The highest BCUT2D eigenvalue weighted by Crippen LogP contribution is 2.52. The minimum Gasteiger partial charge on any atom is -0.458 e. The minimum absolute atomic E-state index is 0.0857. The normalized spacial score (nSPS) is 13.0. The van der Waals surface area contributed by atoms with Gasteiger partial charge in [-0.25, -0.2) is 0 Å². The highest BCUT2D eigenvalue weighted by Gasteiger charge is 2.47. The van der Waals surface area contributed by atoms with Crippen LogP contribution in [0.15, 0.2) is 295 Å². The Morgan fingerprint density at radius 3 is 1.49 bits per heavy atom. The zero-order valence-corrected chi connectivity index (χ0v) is 45.2. The third-order valence-electron chi connectivity index (χ3n) is 16.6. The second kappa shape index (κ2) is 19.2. The van der Waals surface area contributed by atoms with Crippen molar-refractivity contribution in [3.8, 4) is 22.6 Å². The van der Waals surface area contributed by atoms with Crippen LogP contribution >= 0.6 is 11.8 Å². The molecule has 4 heterocycles. The molecule has 380 valence electrons. The summed E-state index contributed by atoms with van der Waals surface area (Å²) in [6.45, 7) is 2.07. The summed E-state index contributed by atoms with van der Waals surface area (Å²) in [5.74, 6) is 1.77. The smallest absolute Gasteiger partial charge is 0.253 e. The van der Waals surface area contributed by atoms with E-state index in [0.717, 1.165) is 79.6 Å². The molecule has 0 spiro atoms. The average molecular weight is 1050 g/mol. The fourth-order valence-corrected chi connectivity index (χ4v) is 14.4. The average Bonchev–Trinajstić information content (AvgIpc) is 2.47. The van der Waals surface area contributed by atoms with Gasteiger partial charge in [-0.2, -0.15) is 0 Å². The molecule has 16 rings (SSSR count). The fraction of sp³-hybridized carbons (Fsp3) is 0.0137. The molecule has 4 aliphatic rings. The van der Waals surface area contributed by atoms with Crippen molar-refractivity contribution < 1.29 is 4.74 Å². The van der Waals surface area contributed by atoms with Crippen molar-refractivity contribution >= 4 is 126 Å². The molecule has 0 N–H and O–H groups in total. The third-order valence-corrected chi connectivity index (χ3v) is 17.7. The molecule has 0 fully saturated rings. The zero-order valence-electron chi connectivity index (χ0n) is 44.4. The number of rotatable bonds is 9. The van der Waals surface area contributed by atoms with Gasteiger partial charge < -0.3 is 24.3 Å². The topological polar surface area (TPSA) is 22.2 Å². The first-order chi connectivity index (χ1) is 40.1. The van der Waals surface area contributed by atoms with Crippen molar-refractivity contribution in [2.75, 3.05) is 19.6 Å². The Bertz CT molecular complexity index is 4320. The molecule has 5 nitrogen and oxygen atoms in total. The lowest BCUT2D eigenvalue weighted by molar-refractivity contribution is 0.486. The quantitative estimate of drug-likeness (QED) is 0.133. The SMILES string of the molecule is Cc1cccc(-c2ccccc2)c1N1c2cc3c(cc2B2c4ccccc4N(c4ccccc4)c4cc(N(c5ccccc5)c5ccccc5)cc1c42)B1c2ccccc2Oc2cc(N(c4ccccc4)c4ccccc4)cc(c21)S3. The van der Waals surface area contributed by atoms with Gasteiger partial charge in [-0.1, -0.05) is 199 Å². The summed E-state index contributed by atoms with van der Waals surface area (Å²) in [5.41, 5.74) is 24.3. The number of benzene rings is 12. The second-order valence-electron chi connectivity index (χ2n) is 21.2. The predicted molar refractivity (Wildman–Crippen MR) is 342 cm³/mol. The molecule has 0 bridgehead atoms. The highest BCUT2D eigenvalue weighted by molar-refractivity contribution is 8.00. The molecule has 0 amide bonds. The van der Waals surface area contributed by atoms with Gasteiger partial charge >= 0.3 is 0 Å². The van der Waals surface area contributed by atoms with E-state index in [0.29, 0.717) is 0 Å². The summed E-state index contributed by atoms with van der Waals surface area (Å²) in [7, 11) is 0. The highest BCUT2D eigenvalue weighted by atomic mass is 32.2. The number of aryl methyl sites for hydroxylation is 1. The molecule has 8 heteroatoms. The minimum atomic E-state index is -0.128. The van der Waals surface area contributed by atoms with Crippen molar-refractivity contribution in [3.05, 3.63) is 291 Å². The van der Waals surface area contributed by atoms with Crippen LogP contribution in [0.5, 0.6) is 11.5 Å². The van der Waals surface area contributed by atoms with Crippen molar-refractivity contribution in [1.82, 2.24) is 0 Å². The van der Waals surface area contributed by atoms with Gasteiger partial charge in [0.1, 0.15) is 11.5 Å². The summed E-state index contributed by atoms with van der Waals surface area (Å²) in [5, 5.41) is 0. The van der Waals surface area contributed by atoms with Crippen molar-refractivity contribution in [2.45, 2.75) is 16.7 Å². The summed E-state index contributed by atoms with van der Waals surface area (Å²) in [4.78, 5) is 12.3. The summed E-state index contributed by atoms with van der Waals surface area (Å²) < 4.78 is 7.11. The number of nitrogens with zero attached hydrogens (tertiary/aromatic N) is 4. The number of fused-ring (bicyclic) bond motifs is 8. The van der Waals surface area contributed by atoms with E-state index in [2.05, 4.69) is 312 Å². The van der Waals surface area contributed by atoms with Crippen LogP contribution in [0.2, 0.25) is 0 Å². The fourth-order valence-electron chi connectivity index (χ4n) is 13.2. The molecule has 12 aromatic rings. The van der Waals surface area contributed by atoms with E-state index in [1.54, 1.807) is 0 Å². The van der Waals surface area contributed by atoms with Crippen LogP contribution in [0.3, 0.4) is 0 Å². The van der Waals surface area contributed by atoms with Gasteiger partial charge in [-0.15, -0.1) is 0 Å². The first-order valence-corrected chi connectivity index (χ1v) is 28.6. The lowest BCUT2D eigenvalue weighted by atomic mass is 9.31. The molecule has 0 atom stereocenters. The number of ether oxygens (including phenoxy) is 1. The number of para-hydroxylation sites is 8. The van der Waals surface area contributed by atoms with Gasteiger partial charge in [0.15, 0.2) is 0 Å². The number of hydrogen-bond acceptors (Lipinski definition) is 6. The summed E-state index contributed by atoms with van der Waals surface area (Å²) in [6.07, 6.45) is 0. The van der Waals surface area contributed by atoms with E-state index in [4.69, 9.17) is 4.74 Å². The number of hydrogen-bond donors (Lipinski definition) is 0. The molecular formula is C73H50B2N4OS. The van der Waals surface area contributed by atoms with E-state index < -0.39 is 0 Å². The maximum absolute atomic E-state index is 7.11. The van der Waals surface area contributed by atoms with Gasteiger partial charge in [-0.3, -0.25) is 0 Å². The Kier molecular flexibility index (Phi) is 11.2. The maximum atomic E-state index is 7.11. The molecule has 0 unspecified atom stereocenters. The molecule has 0 radical (unpaired) electrons. The van der Waals surface area contributed by atoms with E-state index in [-0.39, 0.29) is 13.4 Å². The Morgan fingerprint density at radius 2 is 0.864 bits per heavy atom. The van der Waals surface area contributed by atoms with E-state index in [9.17, 15) is 0 Å². The maximum Gasteiger partial charge on any atom is 0.253 e. The van der Waals surface area contributed by atoms with E-state index in [1.165, 1.54) is 59.4 Å². The molecule has 0 aromatic heterocycles. The Morgan fingerprint density at radius 1 is 0.346 bits per heavy atom. The van der Waals surface area contributed by atoms with Gasteiger partial charge in [-0.05, 0) is 142 Å². The van der Waals surface area contributed by atoms with Crippen molar-refractivity contribution in [1.29, 1.82) is 0 Å². The second-order valence-corrected chi connectivity index (χ2v) is 22.3. The Balaban J connectivity index is 1.00. The lowest BCUT2D eigenvalue weighted by Gasteiger charge is -2.46. The van der Waals surface area contributed by atoms with Crippen LogP contribution in [-0.2, 0) is 0 Å². The Labute approximate surface area is 477 Å². The molecule has 81 heavy (non-hydrogen) atoms. The van der Waals surface area contributed by atoms with Crippen LogP contribution in [-0.4, -0.2) is 13.4 Å². The van der Waals surface area contributed by atoms with Crippen LogP contribution in [0.25, 0.3) is 11.1 Å². The predicted octanol–water partition coefficient (Wildman–Crippen LogP) is 15.8. The van der Waals surface area contributed by atoms with Gasteiger partial charge in [0.25, 0.3) is 13.4 Å². The third kappa shape index (κ3) is 7.66. The lowest BCUT2D eigenvalue weighted by Crippen LogP contribution is -2.64. The molecule has 12 aromatic carbocycles. The summed E-state index contributed by atoms with van der Waals surface area (Å²) in [6, 6.07) is 104. The number of anilines is 12. The standard InChI is InChI=1S/C73H50B2N4OS/c1-49-25-24-38-58(50-26-8-2-9-27-50)73(49)79-64-48-69-62(75-60-40-21-23-42-67(60)80-68-45-57(46-70(81-69)72(68)75)77(53-32-14-5-15-33-53)54-34-16-6-17-35-54)47-61(64)74-59-39-20-22-41-63(59)78(55-36-18-7-19-37-55)65-43-56(44-66(79)71(65)74)76(51-28-10-3-11-29-51)52-30-12-4-13-31-52/h2-48H,1H3. The van der Waals surface area contributed by atoms with Crippen molar-refractivity contribution in [2.24, 2.45) is 0 Å². The first kappa shape index (κ1) is 47.1. The molecule has 0 saturated heterocycles. The molecule has 0 saturated carbocycles. The van der Waals surface area contributed by atoms with Crippen molar-refractivity contribution in [3.63, 3.8) is 0 Å². The van der Waals surface area contributed by atoms with Gasteiger partial charge in [0, 0.05) is 72.6 Å². The van der Waals surface area contributed by atoms with Gasteiger partial charge in [0.2, 0.25) is 0 Å². The molecular weight excluding hydrogens is 1000 g/mol. The summed E-state index contributed by atoms with van der Waals surface area (Å²) >= 11 is 1.86. The largest absolute Gasteiger partial charge is 0.458 e. The van der Waals surface area contributed by atoms with E-state index in [1.807, 2.05) is 11.8 Å². The molecule has 0 aliphatic carbocycles. The zero-order chi connectivity index (χ0) is 53.5. The van der Waals surface area contributed by atoms with Crippen LogP contribution < -0.4 is 57.1 Å². The molecule has 4 aliphatic heterocycles. The van der Waals surface area contributed by atoms with Gasteiger partial charge in [0.05, 0.1) is 17.1 Å². The van der Waals surface area contributed by atoms with Crippen LogP contribution in [0.4, 0.5) is 68.2 Å².